The maximum absolute atomic E-state index is 11.2. The lowest BCUT2D eigenvalue weighted by Crippen LogP contribution is -2.11. The molecule has 1 fully saturated rings. The summed E-state index contributed by atoms with van der Waals surface area (Å²) in [7, 11) is 0. The van der Waals surface area contributed by atoms with Crippen molar-refractivity contribution in [2.45, 2.75) is 18.8 Å². The molecule has 1 N–H and O–H groups in total. The fraction of sp³-hybridized carbons (Fsp3) is 0.385. The second-order valence-corrected chi connectivity index (χ2v) is 5.71. The van der Waals surface area contributed by atoms with Gasteiger partial charge in [0.05, 0.1) is 17.3 Å². The van der Waals surface area contributed by atoms with Crippen LogP contribution in [-0.4, -0.2) is 32.0 Å². The maximum atomic E-state index is 11.2. The molecule has 2 aromatic rings. The molecule has 0 aromatic carbocycles. The molecule has 3 rings (SSSR count). The fourth-order valence-corrected chi connectivity index (χ4v) is 3.59. The van der Waals surface area contributed by atoms with Crippen molar-refractivity contribution < 1.29 is 9.90 Å². The van der Waals surface area contributed by atoms with Crippen molar-refractivity contribution in [3.8, 4) is 0 Å². The monoisotopic (exact) mass is 262 g/mol. The molecular formula is C13H14N2O2S. The number of thioether (sulfide) groups is 1. The van der Waals surface area contributed by atoms with E-state index in [2.05, 4.69) is 4.98 Å². The largest absolute Gasteiger partial charge is 0.478 e. The van der Waals surface area contributed by atoms with Gasteiger partial charge in [0.2, 0.25) is 0 Å². The first-order valence-corrected chi connectivity index (χ1v) is 7.20. The number of rotatable bonds is 2. The quantitative estimate of drug-likeness (QED) is 0.904. The lowest BCUT2D eigenvalue weighted by atomic mass is 10.0. The van der Waals surface area contributed by atoms with Gasteiger partial charge >= 0.3 is 5.97 Å². The molecule has 1 aliphatic heterocycles. The highest BCUT2D eigenvalue weighted by molar-refractivity contribution is 7.99. The van der Waals surface area contributed by atoms with Gasteiger partial charge in [0.25, 0.3) is 0 Å². The fourth-order valence-electron chi connectivity index (χ4n) is 2.48. The summed E-state index contributed by atoms with van der Waals surface area (Å²) >= 11 is 1.98. The Kier molecular flexibility index (Phi) is 2.99. The molecule has 0 amide bonds. The molecular weight excluding hydrogens is 248 g/mol. The van der Waals surface area contributed by atoms with Crippen LogP contribution < -0.4 is 0 Å². The minimum absolute atomic E-state index is 0.321. The molecule has 18 heavy (non-hydrogen) atoms. The van der Waals surface area contributed by atoms with E-state index in [1.54, 1.807) is 18.3 Å². The van der Waals surface area contributed by atoms with Crippen LogP contribution >= 0.6 is 11.8 Å². The third kappa shape index (κ3) is 1.88. The first-order valence-electron chi connectivity index (χ1n) is 6.04. The molecule has 1 aliphatic rings. The Labute approximate surface area is 109 Å². The lowest BCUT2D eigenvalue weighted by Gasteiger charge is -2.20. The van der Waals surface area contributed by atoms with Gasteiger partial charge in [0.1, 0.15) is 5.82 Å². The predicted molar refractivity (Wildman–Crippen MR) is 71.5 cm³/mol. The number of aromatic carboxylic acids is 1. The zero-order valence-electron chi connectivity index (χ0n) is 9.87. The second kappa shape index (κ2) is 4.65. The van der Waals surface area contributed by atoms with E-state index in [1.165, 1.54) is 0 Å². The number of fused-ring (bicyclic) bond motifs is 1. The van der Waals surface area contributed by atoms with E-state index in [9.17, 15) is 4.79 Å². The van der Waals surface area contributed by atoms with E-state index >= 15 is 0 Å². The zero-order valence-corrected chi connectivity index (χ0v) is 10.7. The Morgan fingerprint density at radius 3 is 2.94 bits per heavy atom. The summed E-state index contributed by atoms with van der Waals surface area (Å²) in [5.74, 6) is 2.90. The molecule has 1 saturated heterocycles. The Bertz CT molecular complexity index is 588. The summed E-state index contributed by atoms with van der Waals surface area (Å²) in [6.45, 7) is 0. The summed E-state index contributed by atoms with van der Waals surface area (Å²) in [6.07, 6.45) is 5.84. The number of hydrogen-bond acceptors (Lipinski definition) is 3. The highest BCUT2D eigenvalue weighted by Gasteiger charge is 2.21. The van der Waals surface area contributed by atoms with Crippen LogP contribution in [0.4, 0.5) is 0 Å². The average molecular weight is 262 g/mol. The highest BCUT2D eigenvalue weighted by Crippen LogP contribution is 2.31. The molecule has 0 saturated carbocycles. The van der Waals surface area contributed by atoms with Crippen molar-refractivity contribution in [3.63, 3.8) is 0 Å². The first kappa shape index (κ1) is 11.6. The van der Waals surface area contributed by atoms with Crippen LogP contribution in [0.3, 0.4) is 0 Å². The number of carboxylic acid groups (broad SMARTS) is 1. The smallest absolute Gasteiger partial charge is 0.337 e. The molecule has 0 spiro atoms. The minimum atomic E-state index is -0.897. The third-order valence-corrected chi connectivity index (χ3v) is 4.47. The zero-order chi connectivity index (χ0) is 12.5. The minimum Gasteiger partial charge on any atom is -0.478 e. The van der Waals surface area contributed by atoms with Crippen LogP contribution in [0.1, 0.15) is 34.9 Å². The van der Waals surface area contributed by atoms with E-state index < -0.39 is 5.97 Å². The average Bonchev–Trinajstić information content (AvgIpc) is 2.83. The number of nitrogens with zero attached hydrogens (tertiary/aromatic N) is 2. The van der Waals surface area contributed by atoms with Crippen molar-refractivity contribution in [1.29, 1.82) is 0 Å². The molecule has 2 aromatic heterocycles. The highest BCUT2D eigenvalue weighted by atomic mass is 32.2. The number of imidazole rings is 1. The van der Waals surface area contributed by atoms with Crippen molar-refractivity contribution in [1.82, 2.24) is 9.38 Å². The van der Waals surface area contributed by atoms with E-state index in [0.29, 0.717) is 17.0 Å². The van der Waals surface area contributed by atoms with Crippen LogP contribution in [0.5, 0.6) is 0 Å². The van der Waals surface area contributed by atoms with E-state index in [4.69, 9.17) is 5.11 Å². The van der Waals surface area contributed by atoms with Crippen molar-refractivity contribution >= 4 is 23.2 Å². The SMILES string of the molecule is O=C(O)c1cccn2c(C3CCSCC3)ncc12. The number of pyridine rings is 1. The Morgan fingerprint density at radius 2 is 2.22 bits per heavy atom. The number of carbonyl (C=O) groups is 1. The van der Waals surface area contributed by atoms with Crippen LogP contribution in [-0.2, 0) is 0 Å². The lowest BCUT2D eigenvalue weighted by molar-refractivity contribution is 0.0698. The molecule has 3 heterocycles. The standard InChI is InChI=1S/C13H14N2O2S/c16-13(17)10-2-1-5-15-11(10)8-14-12(15)9-3-6-18-7-4-9/h1-2,5,8-9H,3-4,6-7H2,(H,16,17). The summed E-state index contributed by atoms with van der Waals surface area (Å²) in [4.78, 5) is 15.6. The van der Waals surface area contributed by atoms with E-state index in [1.807, 2.05) is 22.4 Å². The molecule has 94 valence electrons. The van der Waals surface area contributed by atoms with Gasteiger partial charge in [-0.25, -0.2) is 9.78 Å². The van der Waals surface area contributed by atoms with Crippen molar-refractivity contribution in [2.75, 3.05) is 11.5 Å². The van der Waals surface area contributed by atoms with Crippen LogP contribution in [0.15, 0.2) is 24.5 Å². The van der Waals surface area contributed by atoms with E-state index in [0.717, 1.165) is 30.2 Å². The molecule has 4 nitrogen and oxygen atoms in total. The normalized spacial score (nSPS) is 17.1. The van der Waals surface area contributed by atoms with Crippen molar-refractivity contribution in [2.24, 2.45) is 0 Å². The van der Waals surface area contributed by atoms with E-state index in [-0.39, 0.29) is 0 Å². The first-order chi connectivity index (χ1) is 8.77. The van der Waals surface area contributed by atoms with Gasteiger partial charge in [0, 0.05) is 12.1 Å². The van der Waals surface area contributed by atoms with Gasteiger partial charge in [-0.15, -0.1) is 0 Å². The predicted octanol–water partition coefficient (Wildman–Crippen LogP) is 2.64. The van der Waals surface area contributed by atoms with Gasteiger partial charge in [0.15, 0.2) is 0 Å². The number of aromatic nitrogens is 2. The second-order valence-electron chi connectivity index (χ2n) is 4.49. The Balaban J connectivity index is 2.08. The number of carboxylic acids is 1. The molecule has 0 bridgehead atoms. The van der Waals surface area contributed by atoms with Crippen LogP contribution in [0.25, 0.3) is 5.52 Å². The molecule has 0 unspecified atom stereocenters. The molecule has 0 radical (unpaired) electrons. The Hall–Kier alpha value is -1.49. The summed E-state index contributed by atoms with van der Waals surface area (Å²) in [5, 5.41) is 9.16. The summed E-state index contributed by atoms with van der Waals surface area (Å²) in [6, 6.07) is 3.40. The van der Waals surface area contributed by atoms with Gasteiger partial charge in [-0.3, -0.25) is 0 Å². The molecule has 5 heteroatoms. The van der Waals surface area contributed by atoms with Gasteiger partial charge < -0.3 is 9.51 Å². The van der Waals surface area contributed by atoms with Crippen LogP contribution in [0.2, 0.25) is 0 Å². The maximum Gasteiger partial charge on any atom is 0.337 e. The molecule has 0 aliphatic carbocycles. The Morgan fingerprint density at radius 1 is 1.44 bits per heavy atom. The van der Waals surface area contributed by atoms with Crippen molar-refractivity contribution in [3.05, 3.63) is 35.9 Å². The number of hydrogen-bond donors (Lipinski definition) is 1. The topological polar surface area (TPSA) is 54.6 Å². The third-order valence-electron chi connectivity index (χ3n) is 3.42. The van der Waals surface area contributed by atoms with Gasteiger partial charge in [-0.05, 0) is 36.5 Å². The molecule has 0 atom stereocenters. The van der Waals surface area contributed by atoms with Gasteiger partial charge in [-0.2, -0.15) is 11.8 Å². The van der Waals surface area contributed by atoms with Gasteiger partial charge in [-0.1, -0.05) is 0 Å². The summed E-state index contributed by atoms with van der Waals surface area (Å²) in [5.41, 5.74) is 1.01. The van der Waals surface area contributed by atoms with Crippen LogP contribution in [0, 0.1) is 0 Å². The summed E-state index contributed by atoms with van der Waals surface area (Å²) < 4.78 is 1.93.